The van der Waals surface area contributed by atoms with Crippen molar-refractivity contribution < 1.29 is 14.1 Å². The SMILES string of the molecule is C[N+](C)(C)CCOCc1ccccc1[N+](=O)[O-]. The molecule has 0 heterocycles. The summed E-state index contributed by atoms with van der Waals surface area (Å²) in [5.41, 5.74) is 0.747. The molecule has 0 N–H and O–H groups in total. The van der Waals surface area contributed by atoms with Gasteiger partial charge in [0, 0.05) is 6.07 Å². The summed E-state index contributed by atoms with van der Waals surface area (Å²) in [5, 5.41) is 10.8. The van der Waals surface area contributed by atoms with Crippen LogP contribution < -0.4 is 0 Å². The van der Waals surface area contributed by atoms with Gasteiger partial charge in [0.2, 0.25) is 0 Å². The summed E-state index contributed by atoms with van der Waals surface area (Å²) in [6, 6.07) is 6.67. The second-order valence-electron chi connectivity index (χ2n) is 4.95. The van der Waals surface area contributed by atoms with Gasteiger partial charge in [-0.3, -0.25) is 10.1 Å². The topological polar surface area (TPSA) is 52.4 Å². The minimum Gasteiger partial charge on any atom is -0.371 e. The van der Waals surface area contributed by atoms with Crippen LogP contribution in [0.15, 0.2) is 24.3 Å². The molecule has 0 aliphatic rings. The van der Waals surface area contributed by atoms with Crippen molar-refractivity contribution >= 4 is 5.69 Å². The van der Waals surface area contributed by atoms with Crippen LogP contribution in [-0.4, -0.2) is 43.7 Å². The average Bonchev–Trinajstić information content (AvgIpc) is 2.23. The third-order valence-electron chi connectivity index (χ3n) is 2.35. The Morgan fingerprint density at radius 1 is 1.29 bits per heavy atom. The minimum atomic E-state index is -0.376. The molecule has 94 valence electrons. The number of rotatable bonds is 6. The first-order chi connectivity index (χ1) is 7.90. The summed E-state index contributed by atoms with van der Waals surface area (Å²) < 4.78 is 6.28. The Balaban J connectivity index is 2.49. The molecule has 1 rings (SSSR count). The molecule has 17 heavy (non-hydrogen) atoms. The van der Waals surface area contributed by atoms with Crippen LogP contribution in [-0.2, 0) is 11.3 Å². The summed E-state index contributed by atoms with van der Waals surface area (Å²) in [4.78, 5) is 10.4. The van der Waals surface area contributed by atoms with Crippen LogP contribution in [0.3, 0.4) is 0 Å². The quantitative estimate of drug-likeness (QED) is 0.329. The molecule has 0 spiro atoms. The van der Waals surface area contributed by atoms with E-state index in [1.807, 2.05) is 0 Å². The molecule has 0 radical (unpaired) electrons. The van der Waals surface area contributed by atoms with E-state index in [4.69, 9.17) is 4.74 Å². The highest BCUT2D eigenvalue weighted by molar-refractivity contribution is 5.39. The van der Waals surface area contributed by atoms with Gasteiger partial charge in [-0.25, -0.2) is 0 Å². The zero-order valence-electron chi connectivity index (χ0n) is 10.5. The summed E-state index contributed by atoms with van der Waals surface area (Å²) in [7, 11) is 6.23. The monoisotopic (exact) mass is 239 g/mol. The van der Waals surface area contributed by atoms with Crippen molar-refractivity contribution in [3.05, 3.63) is 39.9 Å². The van der Waals surface area contributed by atoms with Gasteiger partial charge in [0.15, 0.2) is 0 Å². The number of nitrogens with zero attached hydrogens (tertiary/aromatic N) is 2. The van der Waals surface area contributed by atoms with Crippen LogP contribution >= 0.6 is 0 Å². The molecule has 1 aromatic carbocycles. The van der Waals surface area contributed by atoms with E-state index >= 15 is 0 Å². The van der Waals surface area contributed by atoms with E-state index in [0.29, 0.717) is 12.2 Å². The number of ether oxygens (including phenoxy) is 1. The van der Waals surface area contributed by atoms with E-state index in [9.17, 15) is 10.1 Å². The maximum absolute atomic E-state index is 10.8. The number of nitro groups is 1. The van der Waals surface area contributed by atoms with Gasteiger partial charge in [-0.2, -0.15) is 0 Å². The van der Waals surface area contributed by atoms with Crippen LogP contribution in [0.1, 0.15) is 5.56 Å². The van der Waals surface area contributed by atoms with Gasteiger partial charge in [0.1, 0.15) is 6.54 Å². The standard InChI is InChI=1S/C12H19N2O3/c1-14(2,3)8-9-17-10-11-6-4-5-7-12(11)13(15)16/h4-7H,8-10H2,1-3H3/q+1. The molecule has 0 aromatic heterocycles. The molecule has 0 saturated heterocycles. The Labute approximate surface area is 101 Å². The predicted molar refractivity (Wildman–Crippen MR) is 65.7 cm³/mol. The average molecular weight is 239 g/mol. The molecule has 5 nitrogen and oxygen atoms in total. The van der Waals surface area contributed by atoms with Crippen molar-refractivity contribution in [3.63, 3.8) is 0 Å². The van der Waals surface area contributed by atoms with Crippen molar-refractivity contribution in [1.29, 1.82) is 0 Å². The van der Waals surface area contributed by atoms with E-state index in [-0.39, 0.29) is 17.2 Å². The summed E-state index contributed by atoms with van der Waals surface area (Å²) >= 11 is 0. The molecule has 0 aliphatic carbocycles. The van der Waals surface area contributed by atoms with Crippen molar-refractivity contribution in [2.75, 3.05) is 34.3 Å². The maximum Gasteiger partial charge on any atom is 0.274 e. The molecule has 5 heteroatoms. The Kier molecular flexibility index (Phi) is 4.60. The van der Waals surface area contributed by atoms with Gasteiger partial charge in [-0.05, 0) is 6.07 Å². The molecule has 1 aromatic rings. The smallest absolute Gasteiger partial charge is 0.274 e. The Morgan fingerprint density at radius 3 is 2.53 bits per heavy atom. The highest BCUT2D eigenvalue weighted by atomic mass is 16.6. The van der Waals surface area contributed by atoms with E-state index in [1.165, 1.54) is 6.07 Å². The van der Waals surface area contributed by atoms with Crippen molar-refractivity contribution in [2.45, 2.75) is 6.61 Å². The normalized spacial score (nSPS) is 11.5. The van der Waals surface area contributed by atoms with Crippen molar-refractivity contribution in [3.8, 4) is 0 Å². The van der Waals surface area contributed by atoms with E-state index < -0.39 is 0 Å². The highest BCUT2D eigenvalue weighted by Crippen LogP contribution is 2.18. The summed E-state index contributed by atoms with van der Waals surface area (Å²) in [6.07, 6.45) is 0. The number of hydrogen-bond donors (Lipinski definition) is 0. The third kappa shape index (κ3) is 4.93. The van der Waals surface area contributed by atoms with Crippen LogP contribution in [0.4, 0.5) is 5.69 Å². The lowest BCUT2D eigenvalue weighted by atomic mass is 10.2. The molecule has 0 unspecified atom stereocenters. The third-order valence-corrected chi connectivity index (χ3v) is 2.35. The fourth-order valence-corrected chi connectivity index (χ4v) is 1.33. The van der Waals surface area contributed by atoms with E-state index in [1.54, 1.807) is 18.2 Å². The van der Waals surface area contributed by atoms with Crippen LogP contribution in [0.25, 0.3) is 0 Å². The number of quaternary nitrogens is 1. The number of hydrogen-bond acceptors (Lipinski definition) is 3. The van der Waals surface area contributed by atoms with E-state index in [0.717, 1.165) is 11.0 Å². The minimum absolute atomic E-state index is 0.123. The van der Waals surface area contributed by atoms with Gasteiger partial charge in [-0.1, -0.05) is 12.1 Å². The number of nitro benzene ring substituents is 1. The molecule has 0 fully saturated rings. The molecular formula is C12H19N2O3+. The number of likely N-dealkylation sites (N-methyl/N-ethyl adjacent to an activating group) is 1. The summed E-state index contributed by atoms with van der Waals surface area (Å²) in [6.45, 7) is 1.76. The lowest BCUT2D eigenvalue weighted by Crippen LogP contribution is -2.37. The fourth-order valence-electron chi connectivity index (χ4n) is 1.33. The van der Waals surface area contributed by atoms with Crippen LogP contribution in [0.5, 0.6) is 0 Å². The number of benzene rings is 1. The molecule has 0 aliphatic heterocycles. The largest absolute Gasteiger partial charge is 0.371 e. The Hall–Kier alpha value is -1.46. The maximum atomic E-state index is 10.8. The molecule has 0 saturated carbocycles. The van der Waals surface area contributed by atoms with Gasteiger partial charge >= 0.3 is 0 Å². The predicted octanol–water partition coefficient (Wildman–Crippen LogP) is 1.82. The first-order valence-electron chi connectivity index (χ1n) is 5.50. The highest BCUT2D eigenvalue weighted by Gasteiger charge is 2.12. The summed E-state index contributed by atoms with van der Waals surface area (Å²) in [5.74, 6) is 0. The van der Waals surface area contributed by atoms with Crippen LogP contribution in [0, 0.1) is 10.1 Å². The number of para-hydroxylation sites is 1. The molecule has 0 atom stereocenters. The van der Waals surface area contributed by atoms with Crippen molar-refractivity contribution in [2.24, 2.45) is 0 Å². The van der Waals surface area contributed by atoms with E-state index in [2.05, 4.69) is 21.1 Å². The first-order valence-corrected chi connectivity index (χ1v) is 5.50. The second kappa shape index (κ2) is 5.75. The lowest BCUT2D eigenvalue weighted by molar-refractivity contribution is -0.870. The molecular weight excluding hydrogens is 220 g/mol. The van der Waals surface area contributed by atoms with Crippen LogP contribution in [0.2, 0.25) is 0 Å². The van der Waals surface area contributed by atoms with Crippen molar-refractivity contribution in [1.82, 2.24) is 0 Å². The first kappa shape index (κ1) is 13.6. The van der Waals surface area contributed by atoms with Gasteiger partial charge < -0.3 is 9.22 Å². The second-order valence-corrected chi connectivity index (χ2v) is 4.95. The molecule has 0 bridgehead atoms. The van der Waals surface area contributed by atoms with Gasteiger partial charge in [-0.15, -0.1) is 0 Å². The zero-order chi connectivity index (χ0) is 12.9. The Morgan fingerprint density at radius 2 is 1.94 bits per heavy atom. The lowest BCUT2D eigenvalue weighted by Gasteiger charge is -2.23. The Bertz CT molecular complexity index is 386. The zero-order valence-corrected chi connectivity index (χ0v) is 10.5. The molecule has 0 amide bonds. The fraction of sp³-hybridized carbons (Fsp3) is 0.500. The van der Waals surface area contributed by atoms with Gasteiger partial charge in [0.05, 0.1) is 44.8 Å². The van der Waals surface area contributed by atoms with Gasteiger partial charge in [0.25, 0.3) is 5.69 Å².